The molecule has 0 radical (unpaired) electrons. The molecular formula is C15H25N3. The summed E-state index contributed by atoms with van der Waals surface area (Å²) in [4.78, 5) is 4.65. The second-order valence-electron chi connectivity index (χ2n) is 6.16. The fourth-order valence-corrected chi connectivity index (χ4v) is 3.65. The van der Waals surface area contributed by atoms with Gasteiger partial charge in [-0.3, -0.25) is 0 Å². The van der Waals surface area contributed by atoms with E-state index in [1.807, 2.05) is 0 Å². The Morgan fingerprint density at radius 2 is 2.06 bits per heavy atom. The molecule has 0 aromatic carbocycles. The predicted molar refractivity (Wildman–Crippen MR) is 73.6 cm³/mol. The number of hydrogen-bond acceptors (Lipinski definition) is 2. The smallest absolute Gasteiger partial charge is 0.0954 e. The largest absolute Gasteiger partial charge is 0.330 e. The molecule has 0 bridgehead atoms. The van der Waals surface area contributed by atoms with Crippen LogP contribution in [0.15, 0.2) is 6.33 Å². The first-order chi connectivity index (χ1) is 8.77. The molecule has 1 fully saturated rings. The van der Waals surface area contributed by atoms with Crippen molar-refractivity contribution in [3.63, 3.8) is 0 Å². The third-order valence-corrected chi connectivity index (χ3v) is 4.61. The first kappa shape index (κ1) is 12.2. The number of nitrogens with zero attached hydrogens (tertiary/aromatic N) is 2. The number of nitrogens with one attached hydrogen (secondary N) is 1. The maximum atomic E-state index is 4.65. The highest BCUT2D eigenvalue weighted by atomic mass is 15.1. The van der Waals surface area contributed by atoms with E-state index in [-0.39, 0.29) is 0 Å². The van der Waals surface area contributed by atoms with Crippen LogP contribution in [0.5, 0.6) is 0 Å². The second-order valence-corrected chi connectivity index (χ2v) is 6.16. The number of fused-ring (bicyclic) bond motifs is 1. The van der Waals surface area contributed by atoms with Crippen LogP contribution in [0.3, 0.4) is 0 Å². The summed E-state index contributed by atoms with van der Waals surface area (Å²) in [7, 11) is 0. The minimum absolute atomic E-state index is 0.521. The Labute approximate surface area is 110 Å². The lowest BCUT2D eigenvalue weighted by Gasteiger charge is -2.35. The average Bonchev–Trinajstić information content (AvgIpc) is 2.83. The Morgan fingerprint density at radius 1 is 1.28 bits per heavy atom. The highest BCUT2D eigenvalue weighted by molar-refractivity contribution is 5.22. The fraction of sp³-hybridized carbons (Fsp3) is 0.800. The van der Waals surface area contributed by atoms with E-state index >= 15 is 0 Å². The van der Waals surface area contributed by atoms with Crippen LogP contribution < -0.4 is 5.32 Å². The summed E-state index contributed by atoms with van der Waals surface area (Å²) in [6.45, 7) is 5.62. The number of imidazole rings is 1. The Bertz CT molecular complexity index is 402. The third kappa shape index (κ3) is 2.09. The topological polar surface area (TPSA) is 29.9 Å². The van der Waals surface area contributed by atoms with Crippen LogP contribution in [0.25, 0.3) is 0 Å². The van der Waals surface area contributed by atoms with Crippen LogP contribution >= 0.6 is 0 Å². The van der Waals surface area contributed by atoms with Gasteiger partial charge in [0.25, 0.3) is 0 Å². The molecule has 1 aromatic heterocycles. The Morgan fingerprint density at radius 3 is 2.78 bits per heavy atom. The van der Waals surface area contributed by atoms with Crippen LogP contribution in [0.1, 0.15) is 69.4 Å². The van der Waals surface area contributed by atoms with Gasteiger partial charge in [0, 0.05) is 19.0 Å². The van der Waals surface area contributed by atoms with Crippen LogP contribution in [0.4, 0.5) is 0 Å². The highest BCUT2D eigenvalue weighted by Crippen LogP contribution is 2.37. The Hall–Kier alpha value is -0.830. The van der Waals surface area contributed by atoms with E-state index in [4.69, 9.17) is 0 Å². The monoisotopic (exact) mass is 247 g/mol. The van der Waals surface area contributed by atoms with E-state index < -0.39 is 0 Å². The number of hydrogen-bond donors (Lipinski definition) is 1. The zero-order valence-electron chi connectivity index (χ0n) is 11.7. The zero-order chi connectivity index (χ0) is 12.5. The lowest BCUT2D eigenvalue weighted by Crippen LogP contribution is -2.37. The minimum atomic E-state index is 0.521. The van der Waals surface area contributed by atoms with Crippen LogP contribution in [0, 0.1) is 5.92 Å². The summed E-state index contributed by atoms with van der Waals surface area (Å²) in [6, 6.07) is 1.08. The molecule has 3 heteroatoms. The molecule has 1 unspecified atom stereocenters. The van der Waals surface area contributed by atoms with E-state index in [0.29, 0.717) is 12.1 Å². The zero-order valence-corrected chi connectivity index (χ0v) is 11.7. The summed E-state index contributed by atoms with van der Waals surface area (Å²) in [5.74, 6) is 0.826. The van der Waals surface area contributed by atoms with E-state index in [9.17, 15) is 0 Å². The predicted octanol–water partition coefficient (Wildman–Crippen LogP) is 3.23. The third-order valence-electron chi connectivity index (χ3n) is 4.61. The minimum Gasteiger partial charge on any atom is -0.330 e. The number of aromatic nitrogens is 2. The second kappa shape index (κ2) is 5.04. The molecule has 100 valence electrons. The van der Waals surface area contributed by atoms with Crippen molar-refractivity contribution in [2.45, 2.75) is 64.5 Å². The molecule has 3 nitrogen and oxygen atoms in total. The van der Waals surface area contributed by atoms with Gasteiger partial charge in [-0.15, -0.1) is 0 Å². The molecule has 2 heterocycles. The quantitative estimate of drug-likeness (QED) is 0.869. The highest BCUT2D eigenvalue weighted by Gasteiger charge is 2.32. The van der Waals surface area contributed by atoms with Crippen molar-refractivity contribution in [1.82, 2.24) is 14.9 Å². The van der Waals surface area contributed by atoms with Gasteiger partial charge in [-0.05, 0) is 32.6 Å². The molecular weight excluding hydrogens is 222 g/mol. The lowest BCUT2D eigenvalue weighted by atomic mass is 9.81. The van der Waals surface area contributed by atoms with Crippen molar-refractivity contribution in [2.75, 3.05) is 6.54 Å². The standard InChI is InChI=1S/C15H25N3/c1-11(2)18-10-17-13-8-9-16-14(15(13)18)12-6-4-3-5-7-12/h10-12,14,16H,3-9H2,1-2H3. The van der Waals surface area contributed by atoms with Gasteiger partial charge in [0.2, 0.25) is 0 Å². The molecule has 1 aromatic rings. The van der Waals surface area contributed by atoms with Crippen molar-refractivity contribution < 1.29 is 0 Å². The molecule has 1 aliphatic carbocycles. The maximum Gasteiger partial charge on any atom is 0.0954 e. The van der Waals surface area contributed by atoms with Gasteiger partial charge in [-0.1, -0.05) is 19.3 Å². The van der Waals surface area contributed by atoms with Gasteiger partial charge in [0.1, 0.15) is 0 Å². The van der Waals surface area contributed by atoms with E-state index in [0.717, 1.165) is 18.9 Å². The number of rotatable bonds is 2. The van der Waals surface area contributed by atoms with Crippen molar-refractivity contribution in [3.8, 4) is 0 Å². The van der Waals surface area contributed by atoms with E-state index in [2.05, 4.69) is 35.0 Å². The molecule has 2 aliphatic rings. The summed E-state index contributed by atoms with van der Waals surface area (Å²) < 4.78 is 2.39. The van der Waals surface area contributed by atoms with Gasteiger partial charge in [0.05, 0.1) is 23.8 Å². The first-order valence-electron chi connectivity index (χ1n) is 7.56. The van der Waals surface area contributed by atoms with Crippen molar-refractivity contribution in [2.24, 2.45) is 5.92 Å². The van der Waals surface area contributed by atoms with Gasteiger partial charge in [-0.2, -0.15) is 0 Å². The Balaban J connectivity index is 1.91. The summed E-state index contributed by atoms with van der Waals surface area (Å²) >= 11 is 0. The molecule has 1 aliphatic heterocycles. The van der Waals surface area contributed by atoms with E-state index in [1.165, 1.54) is 43.5 Å². The average molecular weight is 247 g/mol. The lowest BCUT2D eigenvalue weighted by molar-refractivity contribution is 0.253. The fourth-order valence-electron chi connectivity index (χ4n) is 3.65. The maximum absolute atomic E-state index is 4.65. The van der Waals surface area contributed by atoms with Crippen LogP contribution in [-0.2, 0) is 6.42 Å². The molecule has 1 N–H and O–H groups in total. The van der Waals surface area contributed by atoms with Gasteiger partial charge in [0.15, 0.2) is 0 Å². The molecule has 1 atom stereocenters. The van der Waals surface area contributed by atoms with Gasteiger partial charge in [-0.25, -0.2) is 4.98 Å². The molecule has 0 amide bonds. The van der Waals surface area contributed by atoms with Crippen molar-refractivity contribution in [3.05, 3.63) is 17.7 Å². The summed E-state index contributed by atoms with van der Waals surface area (Å²) in [5.41, 5.74) is 2.83. The van der Waals surface area contributed by atoms with Crippen LogP contribution in [-0.4, -0.2) is 16.1 Å². The van der Waals surface area contributed by atoms with Crippen molar-refractivity contribution in [1.29, 1.82) is 0 Å². The molecule has 18 heavy (non-hydrogen) atoms. The molecule has 3 rings (SSSR count). The molecule has 1 saturated carbocycles. The van der Waals surface area contributed by atoms with Crippen LogP contribution in [0.2, 0.25) is 0 Å². The summed E-state index contributed by atoms with van der Waals surface area (Å²) in [6.07, 6.45) is 10.2. The van der Waals surface area contributed by atoms with Gasteiger partial charge < -0.3 is 9.88 Å². The van der Waals surface area contributed by atoms with Crippen molar-refractivity contribution >= 4 is 0 Å². The normalized spacial score (nSPS) is 25.4. The SMILES string of the molecule is CC(C)n1cnc2c1C(C1CCCCC1)NCC2. The van der Waals surface area contributed by atoms with E-state index in [1.54, 1.807) is 0 Å². The summed E-state index contributed by atoms with van der Waals surface area (Å²) in [5, 5.41) is 3.77. The Kier molecular flexibility index (Phi) is 3.42. The first-order valence-corrected chi connectivity index (χ1v) is 7.56. The van der Waals surface area contributed by atoms with Gasteiger partial charge >= 0.3 is 0 Å². The molecule has 0 spiro atoms. The molecule has 0 saturated heterocycles.